The van der Waals surface area contributed by atoms with Crippen molar-refractivity contribution in [3.8, 4) is 0 Å². The Morgan fingerprint density at radius 1 is 1.06 bits per heavy atom. The predicted molar refractivity (Wildman–Crippen MR) is 130 cm³/mol. The molecule has 6 nitrogen and oxygen atoms in total. The van der Waals surface area contributed by atoms with Crippen molar-refractivity contribution in [3.05, 3.63) is 59.4 Å². The first kappa shape index (κ1) is 22.3. The van der Waals surface area contributed by atoms with E-state index in [1.807, 2.05) is 28.0 Å². The number of fused-ring (bicyclic) bond motifs is 2. The number of amides is 2. The van der Waals surface area contributed by atoms with Crippen LogP contribution in [0.15, 0.2) is 42.5 Å². The molecule has 0 bridgehead atoms. The van der Waals surface area contributed by atoms with Gasteiger partial charge in [-0.15, -0.1) is 0 Å². The second kappa shape index (κ2) is 9.33. The molecule has 3 aromatic rings. The van der Waals surface area contributed by atoms with Crippen LogP contribution in [0.2, 0.25) is 0 Å². The molecule has 0 unspecified atom stereocenters. The second-order valence-electron chi connectivity index (χ2n) is 9.66. The van der Waals surface area contributed by atoms with E-state index in [1.54, 1.807) is 0 Å². The molecule has 2 aromatic carbocycles. The lowest BCUT2D eigenvalue weighted by molar-refractivity contribution is 0.190. The first-order valence-corrected chi connectivity index (χ1v) is 11.7. The van der Waals surface area contributed by atoms with E-state index in [4.69, 9.17) is 10.7 Å². The van der Waals surface area contributed by atoms with E-state index in [0.29, 0.717) is 31.5 Å². The van der Waals surface area contributed by atoms with Crippen molar-refractivity contribution in [2.24, 2.45) is 17.6 Å². The van der Waals surface area contributed by atoms with Gasteiger partial charge in [0.05, 0.1) is 23.3 Å². The van der Waals surface area contributed by atoms with Crippen LogP contribution in [0.5, 0.6) is 0 Å². The van der Waals surface area contributed by atoms with Crippen molar-refractivity contribution < 1.29 is 4.79 Å². The number of nitrogens with two attached hydrogens (primary N) is 1. The summed E-state index contributed by atoms with van der Waals surface area (Å²) in [5.41, 5.74) is 11.2. The molecule has 2 heterocycles. The molecule has 0 saturated carbocycles. The Morgan fingerprint density at radius 3 is 2.56 bits per heavy atom. The van der Waals surface area contributed by atoms with Gasteiger partial charge in [0, 0.05) is 26.2 Å². The molecule has 0 radical (unpaired) electrons. The number of imidazole rings is 1. The zero-order valence-corrected chi connectivity index (χ0v) is 19.7. The summed E-state index contributed by atoms with van der Waals surface area (Å²) in [4.78, 5) is 22.4. The van der Waals surface area contributed by atoms with Gasteiger partial charge < -0.3 is 15.2 Å². The van der Waals surface area contributed by atoms with E-state index in [9.17, 15) is 4.79 Å². The van der Waals surface area contributed by atoms with E-state index in [2.05, 4.69) is 56.5 Å². The lowest BCUT2D eigenvalue weighted by Crippen LogP contribution is -2.48. The zero-order chi connectivity index (χ0) is 22.8. The minimum atomic E-state index is 0.0579. The molecule has 2 N–H and O–H groups in total. The Morgan fingerprint density at radius 2 is 1.84 bits per heavy atom. The number of hydrogen-bond donors (Lipinski definition) is 1. The molecule has 1 aliphatic rings. The maximum absolute atomic E-state index is 13.5. The van der Waals surface area contributed by atoms with Crippen molar-refractivity contribution in [3.63, 3.8) is 0 Å². The third-order valence-electron chi connectivity index (χ3n) is 6.09. The van der Waals surface area contributed by atoms with Gasteiger partial charge in [-0.05, 0) is 47.6 Å². The van der Waals surface area contributed by atoms with Crippen molar-refractivity contribution in [2.45, 2.75) is 60.3 Å². The highest BCUT2D eigenvalue weighted by Crippen LogP contribution is 2.31. The number of carbonyl (C=O) groups excluding carboxylic acids is 1. The molecule has 0 aliphatic carbocycles. The van der Waals surface area contributed by atoms with Crippen LogP contribution in [-0.2, 0) is 26.2 Å². The van der Waals surface area contributed by atoms with Gasteiger partial charge in [-0.25, -0.2) is 9.78 Å². The van der Waals surface area contributed by atoms with Crippen LogP contribution in [0, 0.1) is 11.8 Å². The van der Waals surface area contributed by atoms with Crippen molar-refractivity contribution in [1.82, 2.24) is 14.5 Å². The predicted octanol–water partition coefficient (Wildman–Crippen LogP) is 5.14. The van der Waals surface area contributed by atoms with Crippen LogP contribution >= 0.6 is 0 Å². The summed E-state index contributed by atoms with van der Waals surface area (Å²) >= 11 is 0. The summed E-state index contributed by atoms with van der Waals surface area (Å²) in [5, 5.41) is 0. The Bertz CT molecular complexity index is 1100. The molecule has 1 aliphatic heterocycles. The molecule has 0 spiro atoms. The molecule has 0 atom stereocenters. The van der Waals surface area contributed by atoms with Crippen molar-refractivity contribution in [2.75, 3.05) is 11.4 Å². The highest BCUT2D eigenvalue weighted by molar-refractivity contribution is 5.94. The number of hydrogen-bond acceptors (Lipinski definition) is 3. The van der Waals surface area contributed by atoms with Gasteiger partial charge in [0.15, 0.2) is 0 Å². The molecule has 0 saturated heterocycles. The number of urea groups is 1. The van der Waals surface area contributed by atoms with E-state index in [0.717, 1.165) is 47.6 Å². The lowest BCUT2D eigenvalue weighted by Gasteiger charge is -2.37. The fourth-order valence-electron chi connectivity index (χ4n) is 4.44. The first-order chi connectivity index (χ1) is 15.4. The summed E-state index contributed by atoms with van der Waals surface area (Å²) < 4.78 is 2.28. The van der Waals surface area contributed by atoms with Crippen LogP contribution in [0.1, 0.15) is 51.1 Å². The third-order valence-corrected chi connectivity index (χ3v) is 6.09. The molecule has 170 valence electrons. The molecule has 2 amide bonds. The summed E-state index contributed by atoms with van der Waals surface area (Å²) in [6.45, 7) is 12.0. The molecular weight excluding hydrogens is 398 g/mol. The van der Waals surface area contributed by atoms with Gasteiger partial charge in [-0.3, -0.25) is 4.90 Å². The number of para-hydroxylation sites is 1. The number of benzene rings is 2. The smallest absolute Gasteiger partial charge is 0.325 e. The Labute approximate surface area is 191 Å². The molecule has 6 heteroatoms. The van der Waals surface area contributed by atoms with Gasteiger partial charge in [0.1, 0.15) is 5.82 Å². The lowest BCUT2D eigenvalue weighted by atomic mass is 10.1. The number of aromatic nitrogens is 2. The first-order valence-electron chi connectivity index (χ1n) is 11.7. The van der Waals surface area contributed by atoms with Crippen LogP contribution in [0.25, 0.3) is 11.0 Å². The molecule has 32 heavy (non-hydrogen) atoms. The second-order valence-corrected chi connectivity index (χ2v) is 9.66. The quantitative estimate of drug-likeness (QED) is 0.535. The summed E-state index contributed by atoms with van der Waals surface area (Å²) in [7, 11) is 0. The molecule has 4 rings (SSSR count). The van der Waals surface area contributed by atoms with E-state index in [-0.39, 0.29) is 6.03 Å². The van der Waals surface area contributed by atoms with E-state index in [1.165, 1.54) is 5.56 Å². The van der Waals surface area contributed by atoms with Crippen LogP contribution in [-0.4, -0.2) is 27.0 Å². The zero-order valence-electron chi connectivity index (χ0n) is 19.7. The highest BCUT2D eigenvalue weighted by Gasteiger charge is 2.31. The fraction of sp³-hybridized carbons (Fsp3) is 0.462. The number of nitrogens with zero attached hydrogens (tertiary/aromatic N) is 4. The van der Waals surface area contributed by atoms with Gasteiger partial charge in [0.25, 0.3) is 0 Å². The number of carbonyl (C=O) groups is 1. The van der Waals surface area contributed by atoms with E-state index >= 15 is 0 Å². The van der Waals surface area contributed by atoms with Gasteiger partial charge in [-0.1, -0.05) is 52.0 Å². The van der Waals surface area contributed by atoms with Crippen LogP contribution in [0.4, 0.5) is 10.5 Å². The highest BCUT2D eigenvalue weighted by atomic mass is 16.2. The summed E-state index contributed by atoms with van der Waals surface area (Å²) in [5.74, 6) is 1.92. The van der Waals surface area contributed by atoms with Gasteiger partial charge in [0.2, 0.25) is 0 Å². The van der Waals surface area contributed by atoms with Gasteiger partial charge in [-0.2, -0.15) is 0 Å². The minimum absolute atomic E-state index is 0.0579. The molecular formula is C26H35N5O. The van der Waals surface area contributed by atoms with Crippen LogP contribution in [0.3, 0.4) is 0 Å². The molecule has 1 aromatic heterocycles. The maximum Gasteiger partial charge on any atom is 0.325 e. The number of rotatable bonds is 8. The molecule has 0 fully saturated rings. The fourth-order valence-corrected chi connectivity index (χ4v) is 4.44. The van der Waals surface area contributed by atoms with Crippen molar-refractivity contribution in [1.29, 1.82) is 0 Å². The third kappa shape index (κ3) is 4.51. The van der Waals surface area contributed by atoms with Crippen molar-refractivity contribution >= 4 is 22.8 Å². The maximum atomic E-state index is 13.5. The number of aryl methyl sites for hydroxylation is 1. The van der Waals surface area contributed by atoms with Crippen LogP contribution < -0.4 is 10.6 Å². The monoisotopic (exact) mass is 433 g/mol. The Balaban J connectivity index is 1.75. The summed E-state index contributed by atoms with van der Waals surface area (Å²) in [6.07, 6.45) is 1.06. The SMILES string of the molecule is CC(C)CCn1c(CN2C(=O)N(CC(C)C)Cc3ccccc32)nc2cc(CN)ccc21. The average molecular weight is 434 g/mol. The summed E-state index contributed by atoms with van der Waals surface area (Å²) in [6, 6.07) is 14.5. The number of anilines is 1. The Kier molecular flexibility index (Phi) is 6.51. The largest absolute Gasteiger partial charge is 0.326 e. The topological polar surface area (TPSA) is 67.4 Å². The normalized spacial score (nSPS) is 14.2. The van der Waals surface area contributed by atoms with E-state index < -0.39 is 0 Å². The Hall–Kier alpha value is -2.86. The standard InChI is InChI=1S/C26H35N5O/c1-18(2)11-12-30-24-10-9-20(14-27)13-22(24)28-25(30)17-31-23-8-6-5-7-21(23)16-29(26(31)32)15-19(3)4/h5-10,13,18-19H,11-12,14-17,27H2,1-4H3. The average Bonchev–Trinajstić information content (AvgIpc) is 3.10. The van der Waals surface area contributed by atoms with Gasteiger partial charge >= 0.3 is 6.03 Å². The minimum Gasteiger partial charge on any atom is -0.326 e.